The van der Waals surface area contributed by atoms with Gasteiger partial charge in [-0.2, -0.15) is 0 Å². The van der Waals surface area contributed by atoms with Crippen LogP contribution in [0.4, 0.5) is 11.5 Å². The van der Waals surface area contributed by atoms with E-state index in [1.807, 2.05) is 0 Å². The van der Waals surface area contributed by atoms with Crippen LogP contribution in [0.1, 0.15) is 27.8 Å². The van der Waals surface area contributed by atoms with Gasteiger partial charge in [0.2, 0.25) is 11.5 Å². The molecular formula is C12H12N4O4. The molecule has 3 N–H and O–H groups in total. The summed E-state index contributed by atoms with van der Waals surface area (Å²) in [5.41, 5.74) is 6.03. The zero-order valence-corrected chi connectivity index (χ0v) is 10.6. The van der Waals surface area contributed by atoms with Crippen molar-refractivity contribution < 1.29 is 19.0 Å². The number of carbonyl (C=O) groups excluding carboxylic acids is 2. The molecule has 2 rings (SSSR count). The first-order chi connectivity index (χ1) is 9.61. The third-order valence-electron chi connectivity index (χ3n) is 2.36. The minimum Gasteiger partial charge on any atom is -0.462 e. The van der Waals surface area contributed by atoms with E-state index in [4.69, 9.17) is 10.5 Å². The van der Waals surface area contributed by atoms with Crippen LogP contribution in [0.2, 0.25) is 0 Å². The van der Waals surface area contributed by atoms with E-state index < -0.39 is 11.9 Å². The fourth-order valence-corrected chi connectivity index (χ4v) is 1.48. The van der Waals surface area contributed by atoms with Crippen LogP contribution in [0, 0.1) is 0 Å². The smallest absolute Gasteiger partial charge is 0.338 e. The number of carbonyl (C=O) groups is 2. The maximum Gasteiger partial charge on any atom is 0.338 e. The second-order valence-electron chi connectivity index (χ2n) is 3.75. The van der Waals surface area contributed by atoms with E-state index in [2.05, 4.69) is 20.3 Å². The quantitative estimate of drug-likeness (QED) is 0.801. The average Bonchev–Trinajstić information content (AvgIpc) is 2.85. The Hall–Kier alpha value is -2.90. The number of amides is 1. The van der Waals surface area contributed by atoms with E-state index in [0.29, 0.717) is 11.3 Å². The predicted octanol–water partition coefficient (Wildman–Crippen LogP) is 1.08. The van der Waals surface area contributed by atoms with Crippen LogP contribution in [0.25, 0.3) is 0 Å². The molecule has 0 bridgehead atoms. The van der Waals surface area contributed by atoms with E-state index in [1.54, 1.807) is 25.1 Å². The summed E-state index contributed by atoms with van der Waals surface area (Å²) in [6.45, 7) is 1.99. The van der Waals surface area contributed by atoms with E-state index in [9.17, 15) is 9.59 Å². The Bertz CT molecular complexity index is 638. The number of nitrogens with one attached hydrogen (secondary N) is 1. The number of rotatable bonds is 4. The highest BCUT2D eigenvalue weighted by Crippen LogP contribution is 2.14. The molecule has 0 atom stereocenters. The number of aromatic nitrogens is 2. The van der Waals surface area contributed by atoms with Gasteiger partial charge in [-0.1, -0.05) is 6.07 Å². The average molecular weight is 276 g/mol. The molecule has 0 radical (unpaired) electrons. The Morgan fingerprint density at radius 1 is 1.40 bits per heavy atom. The molecule has 1 heterocycles. The number of nitrogens with zero attached hydrogens (tertiary/aromatic N) is 2. The molecule has 1 amide bonds. The van der Waals surface area contributed by atoms with Crippen molar-refractivity contribution in [3.63, 3.8) is 0 Å². The predicted molar refractivity (Wildman–Crippen MR) is 69.1 cm³/mol. The first-order valence-electron chi connectivity index (χ1n) is 5.78. The van der Waals surface area contributed by atoms with Gasteiger partial charge >= 0.3 is 5.97 Å². The van der Waals surface area contributed by atoms with Crippen molar-refractivity contribution in [1.82, 2.24) is 10.3 Å². The highest BCUT2D eigenvalue weighted by Gasteiger charge is 2.16. The Labute approximate surface area is 113 Å². The lowest BCUT2D eigenvalue weighted by Gasteiger charge is -2.06. The summed E-state index contributed by atoms with van der Waals surface area (Å²) in [6.07, 6.45) is 0. The summed E-state index contributed by atoms with van der Waals surface area (Å²) < 4.78 is 9.21. The normalized spacial score (nSPS) is 10.1. The van der Waals surface area contributed by atoms with E-state index in [0.717, 1.165) is 0 Å². The van der Waals surface area contributed by atoms with Gasteiger partial charge in [-0.25, -0.2) is 9.42 Å². The Morgan fingerprint density at radius 3 is 2.85 bits per heavy atom. The first-order valence-corrected chi connectivity index (χ1v) is 5.78. The van der Waals surface area contributed by atoms with Crippen LogP contribution < -0.4 is 11.1 Å². The van der Waals surface area contributed by atoms with Gasteiger partial charge in [0.1, 0.15) is 0 Å². The summed E-state index contributed by atoms with van der Waals surface area (Å²) in [4.78, 5) is 23.4. The van der Waals surface area contributed by atoms with Crippen LogP contribution in [0.15, 0.2) is 28.9 Å². The molecule has 20 heavy (non-hydrogen) atoms. The maximum absolute atomic E-state index is 11.8. The van der Waals surface area contributed by atoms with Gasteiger partial charge in [-0.15, -0.1) is 0 Å². The second kappa shape index (κ2) is 5.83. The van der Waals surface area contributed by atoms with Crippen molar-refractivity contribution in [2.75, 3.05) is 17.7 Å². The van der Waals surface area contributed by atoms with E-state index in [-0.39, 0.29) is 18.1 Å². The zero-order valence-electron chi connectivity index (χ0n) is 10.6. The van der Waals surface area contributed by atoms with Crippen LogP contribution in [-0.4, -0.2) is 28.8 Å². The fraction of sp³-hybridized carbons (Fsp3) is 0.167. The molecule has 0 aliphatic rings. The van der Waals surface area contributed by atoms with Crippen molar-refractivity contribution in [1.29, 1.82) is 0 Å². The van der Waals surface area contributed by atoms with E-state index in [1.165, 1.54) is 6.07 Å². The highest BCUT2D eigenvalue weighted by molar-refractivity contribution is 6.06. The first kappa shape index (κ1) is 13.5. The van der Waals surface area contributed by atoms with Crippen molar-refractivity contribution in [3.05, 3.63) is 35.5 Å². The lowest BCUT2D eigenvalue weighted by atomic mass is 10.2. The molecule has 1 aromatic heterocycles. The topological polar surface area (TPSA) is 120 Å². The molecule has 0 saturated carbocycles. The van der Waals surface area contributed by atoms with Crippen LogP contribution in [-0.2, 0) is 4.74 Å². The van der Waals surface area contributed by atoms with Crippen molar-refractivity contribution in [3.8, 4) is 0 Å². The summed E-state index contributed by atoms with van der Waals surface area (Å²) in [5, 5.41) is 9.22. The van der Waals surface area contributed by atoms with Crippen molar-refractivity contribution in [2.24, 2.45) is 0 Å². The number of nitrogens with two attached hydrogens (primary N) is 1. The lowest BCUT2D eigenvalue weighted by molar-refractivity contribution is 0.0526. The molecule has 2 aromatic rings. The second-order valence-corrected chi connectivity index (χ2v) is 3.75. The van der Waals surface area contributed by atoms with Crippen LogP contribution in [0.5, 0.6) is 0 Å². The molecule has 8 nitrogen and oxygen atoms in total. The lowest BCUT2D eigenvalue weighted by Crippen LogP contribution is -2.14. The highest BCUT2D eigenvalue weighted by atomic mass is 16.6. The third-order valence-corrected chi connectivity index (χ3v) is 2.36. The number of nitrogen functional groups attached to an aromatic ring is 1. The number of anilines is 2. The van der Waals surface area contributed by atoms with Gasteiger partial charge in [0.05, 0.1) is 12.2 Å². The SMILES string of the molecule is CCOC(=O)c1cccc(NC(=O)c2nonc2N)c1. The number of hydrogen-bond donors (Lipinski definition) is 2. The molecule has 0 aliphatic carbocycles. The molecule has 0 saturated heterocycles. The van der Waals surface area contributed by atoms with Gasteiger partial charge in [-0.05, 0) is 35.4 Å². The molecule has 0 fully saturated rings. The summed E-state index contributed by atoms with van der Waals surface area (Å²) in [7, 11) is 0. The molecule has 0 spiro atoms. The van der Waals surface area contributed by atoms with Crippen LogP contribution in [0.3, 0.4) is 0 Å². The molecule has 0 aliphatic heterocycles. The zero-order chi connectivity index (χ0) is 14.5. The van der Waals surface area contributed by atoms with Gasteiger partial charge < -0.3 is 15.8 Å². The largest absolute Gasteiger partial charge is 0.462 e. The Kier molecular flexibility index (Phi) is 3.94. The maximum atomic E-state index is 11.8. The Morgan fingerprint density at radius 2 is 2.20 bits per heavy atom. The molecule has 1 aromatic carbocycles. The van der Waals surface area contributed by atoms with Crippen molar-refractivity contribution in [2.45, 2.75) is 6.92 Å². The fourth-order valence-electron chi connectivity index (χ4n) is 1.48. The standard InChI is InChI=1S/C12H12N4O4/c1-2-19-12(18)7-4-3-5-8(6-7)14-11(17)9-10(13)16-20-15-9/h3-6H,2H2,1H3,(H2,13,16)(H,14,17). The van der Waals surface area contributed by atoms with Gasteiger partial charge in [-0.3, -0.25) is 4.79 Å². The summed E-state index contributed by atoms with van der Waals surface area (Å²) >= 11 is 0. The molecular weight excluding hydrogens is 264 g/mol. The van der Waals surface area contributed by atoms with Gasteiger partial charge in [0.25, 0.3) is 5.91 Å². The summed E-state index contributed by atoms with van der Waals surface area (Å²) in [5.74, 6) is -1.15. The van der Waals surface area contributed by atoms with Crippen molar-refractivity contribution >= 4 is 23.4 Å². The molecule has 0 unspecified atom stereocenters. The number of esters is 1. The minimum atomic E-state index is -0.579. The molecule has 104 valence electrons. The number of benzene rings is 1. The molecule has 8 heteroatoms. The van der Waals surface area contributed by atoms with Gasteiger partial charge in [0, 0.05) is 5.69 Å². The van der Waals surface area contributed by atoms with Crippen LogP contribution >= 0.6 is 0 Å². The van der Waals surface area contributed by atoms with E-state index >= 15 is 0 Å². The monoisotopic (exact) mass is 276 g/mol. The van der Waals surface area contributed by atoms with Gasteiger partial charge in [0.15, 0.2) is 0 Å². The summed E-state index contributed by atoms with van der Waals surface area (Å²) in [6, 6.07) is 6.30. The number of ether oxygens (including phenoxy) is 1. The minimum absolute atomic E-state index is 0.107. The Balaban J connectivity index is 2.14. The third kappa shape index (κ3) is 2.91. The number of hydrogen-bond acceptors (Lipinski definition) is 7.